The number of rotatable bonds is 6. The summed E-state index contributed by atoms with van der Waals surface area (Å²) in [5, 5.41) is 2.27. The molecular weight excluding hydrogens is 466 g/mol. The van der Waals surface area contributed by atoms with Gasteiger partial charge >= 0.3 is 0 Å². The van der Waals surface area contributed by atoms with Crippen LogP contribution < -0.4 is 11.1 Å². The van der Waals surface area contributed by atoms with E-state index in [2.05, 4.69) is 15.3 Å². The number of hydrogen-bond acceptors (Lipinski definition) is 8. The molecule has 2 aromatic heterocycles. The molecule has 2 heterocycles. The molecule has 0 aliphatic carbocycles. The number of carbonyl (C=O) groups is 1. The highest BCUT2D eigenvalue weighted by Gasteiger charge is 2.24. The SMILES string of the molecule is Nc1nc(SCC(=O)Nc2cc(F)ccc2F)ncc1S(=O)(=O)c1ccc(Cl)s1. The Kier molecular flexibility index (Phi) is 6.36. The molecule has 0 aliphatic rings. The Morgan fingerprint density at radius 1 is 1.28 bits per heavy atom. The lowest BCUT2D eigenvalue weighted by atomic mass is 10.3. The molecule has 0 unspecified atom stereocenters. The van der Waals surface area contributed by atoms with Crippen molar-refractivity contribution in [2.45, 2.75) is 14.3 Å². The Labute approximate surface area is 177 Å². The second-order valence-corrected chi connectivity index (χ2v) is 10.2. The summed E-state index contributed by atoms with van der Waals surface area (Å²) in [4.78, 5) is 19.4. The molecule has 0 aliphatic heterocycles. The summed E-state index contributed by atoms with van der Waals surface area (Å²) in [6.07, 6.45) is 1.04. The second-order valence-electron chi connectivity index (χ2n) is 5.43. The van der Waals surface area contributed by atoms with Gasteiger partial charge in [-0.3, -0.25) is 4.79 Å². The number of aromatic nitrogens is 2. The zero-order valence-corrected chi connectivity index (χ0v) is 17.4. The van der Waals surface area contributed by atoms with E-state index in [4.69, 9.17) is 17.3 Å². The molecule has 13 heteroatoms. The number of nitrogen functional groups attached to an aromatic ring is 1. The van der Waals surface area contributed by atoms with Crippen molar-refractivity contribution in [1.82, 2.24) is 9.97 Å². The summed E-state index contributed by atoms with van der Waals surface area (Å²) < 4.78 is 52.1. The van der Waals surface area contributed by atoms with E-state index in [-0.39, 0.29) is 31.5 Å². The van der Waals surface area contributed by atoms with Gasteiger partial charge in [-0.25, -0.2) is 27.2 Å². The average Bonchev–Trinajstić information content (AvgIpc) is 3.10. The van der Waals surface area contributed by atoms with Crippen LogP contribution in [0.3, 0.4) is 0 Å². The summed E-state index contributed by atoms with van der Waals surface area (Å²) >= 11 is 7.49. The van der Waals surface area contributed by atoms with Crippen LogP contribution in [0.1, 0.15) is 0 Å². The highest BCUT2D eigenvalue weighted by atomic mass is 35.5. The predicted molar refractivity (Wildman–Crippen MR) is 107 cm³/mol. The summed E-state index contributed by atoms with van der Waals surface area (Å²) in [7, 11) is -3.93. The Bertz CT molecular complexity index is 1190. The number of carbonyl (C=O) groups excluding carboxylic acids is 1. The number of halogens is 3. The normalized spacial score (nSPS) is 11.4. The molecule has 3 aromatic rings. The van der Waals surface area contributed by atoms with Crippen molar-refractivity contribution in [1.29, 1.82) is 0 Å². The van der Waals surface area contributed by atoms with E-state index in [1.807, 2.05) is 0 Å². The summed E-state index contributed by atoms with van der Waals surface area (Å²) in [6.45, 7) is 0. The van der Waals surface area contributed by atoms with Gasteiger partial charge in [0, 0.05) is 6.07 Å². The van der Waals surface area contributed by atoms with Crippen LogP contribution in [0, 0.1) is 11.6 Å². The van der Waals surface area contributed by atoms with Crippen LogP contribution in [0.5, 0.6) is 0 Å². The minimum atomic E-state index is -3.93. The molecule has 3 N–H and O–H groups in total. The number of nitrogens with zero attached hydrogens (tertiary/aromatic N) is 2. The Morgan fingerprint density at radius 3 is 2.69 bits per heavy atom. The highest BCUT2D eigenvalue weighted by molar-refractivity contribution is 7.99. The third-order valence-corrected chi connectivity index (χ3v) is 7.75. The second kappa shape index (κ2) is 8.61. The summed E-state index contributed by atoms with van der Waals surface area (Å²) in [6, 6.07) is 5.46. The number of anilines is 2. The van der Waals surface area contributed by atoms with Gasteiger partial charge in [-0.05, 0) is 24.3 Å². The number of nitrogens with one attached hydrogen (secondary N) is 1. The molecular formula is C16H11ClF2N4O3S3. The molecule has 3 rings (SSSR count). The van der Waals surface area contributed by atoms with Crippen molar-refractivity contribution in [3.63, 3.8) is 0 Å². The minimum absolute atomic E-state index is 0.00491. The van der Waals surface area contributed by atoms with E-state index in [0.717, 1.165) is 47.5 Å². The van der Waals surface area contributed by atoms with E-state index in [1.54, 1.807) is 0 Å². The Hall–Kier alpha value is -2.28. The van der Waals surface area contributed by atoms with Gasteiger partial charge < -0.3 is 11.1 Å². The number of thioether (sulfide) groups is 1. The maximum Gasteiger partial charge on any atom is 0.234 e. The van der Waals surface area contributed by atoms with Crippen LogP contribution >= 0.6 is 34.7 Å². The van der Waals surface area contributed by atoms with Crippen LogP contribution in [-0.4, -0.2) is 30.0 Å². The number of benzene rings is 1. The molecule has 29 heavy (non-hydrogen) atoms. The average molecular weight is 477 g/mol. The van der Waals surface area contributed by atoms with Crippen molar-refractivity contribution in [2.24, 2.45) is 0 Å². The molecule has 152 valence electrons. The summed E-state index contributed by atoms with van der Waals surface area (Å²) in [5.41, 5.74) is 5.46. The van der Waals surface area contributed by atoms with Crippen molar-refractivity contribution < 1.29 is 22.0 Å². The van der Waals surface area contributed by atoms with E-state index in [0.29, 0.717) is 4.34 Å². The first-order valence-corrected chi connectivity index (χ1v) is 11.3. The van der Waals surface area contributed by atoms with E-state index >= 15 is 0 Å². The first kappa shape index (κ1) is 21.4. The lowest BCUT2D eigenvalue weighted by Crippen LogP contribution is -2.15. The van der Waals surface area contributed by atoms with Gasteiger partial charge in [-0.2, -0.15) is 0 Å². The lowest BCUT2D eigenvalue weighted by molar-refractivity contribution is -0.113. The maximum absolute atomic E-state index is 13.6. The maximum atomic E-state index is 13.6. The highest BCUT2D eigenvalue weighted by Crippen LogP contribution is 2.32. The zero-order chi connectivity index (χ0) is 21.2. The quantitative estimate of drug-likeness (QED) is 0.412. The van der Waals surface area contributed by atoms with Crippen LogP contribution in [0.25, 0.3) is 0 Å². The van der Waals surface area contributed by atoms with Crippen molar-refractivity contribution in [3.8, 4) is 0 Å². The number of thiophene rings is 1. The van der Waals surface area contributed by atoms with Gasteiger partial charge in [-0.15, -0.1) is 11.3 Å². The number of hydrogen-bond donors (Lipinski definition) is 2. The topological polar surface area (TPSA) is 115 Å². The standard InChI is InChI=1S/C16H11ClF2N4O3S3/c17-12-3-4-14(28-12)29(25,26)11-6-21-16(23-15(11)20)27-7-13(24)22-10-5-8(18)1-2-9(10)19/h1-6H,7H2,(H,22,24)(H2,20,21,23). The molecule has 0 spiro atoms. The zero-order valence-electron chi connectivity index (χ0n) is 14.2. The predicted octanol–water partition coefficient (Wildman–Crippen LogP) is 3.62. The van der Waals surface area contributed by atoms with Gasteiger partial charge in [0.1, 0.15) is 26.6 Å². The molecule has 0 bridgehead atoms. The van der Waals surface area contributed by atoms with Gasteiger partial charge in [-0.1, -0.05) is 23.4 Å². The Morgan fingerprint density at radius 2 is 2.03 bits per heavy atom. The molecule has 0 radical (unpaired) electrons. The van der Waals surface area contributed by atoms with Gasteiger partial charge in [0.2, 0.25) is 15.7 Å². The minimum Gasteiger partial charge on any atom is -0.382 e. The molecule has 0 saturated carbocycles. The third-order valence-electron chi connectivity index (χ3n) is 3.40. The molecule has 0 saturated heterocycles. The van der Waals surface area contributed by atoms with E-state index in [9.17, 15) is 22.0 Å². The van der Waals surface area contributed by atoms with E-state index in [1.165, 1.54) is 12.1 Å². The monoisotopic (exact) mass is 476 g/mol. The van der Waals surface area contributed by atoms with Gasteiger partial charge in [0.05, 0.1) is 22.0 Å². The van der Waals surface area contributed by atoms with Gasteiger partial charge in [0.25, 0.3) is 0 Å². The van der Waals surface area contributed by atoms with Crippen LogP contribution in [-0.2, 0) is 14.6 Å². The van der Waals surface area contributed by atoms with Crippen LogP contribution in [0.4, 0.5) is 20.3 Å². The van der Waals surface area contributed by atoms with Crippen molar-refractivity contribution >= 4 is 61.9 Å². The molecule has 0 fully saturated rings. The molecule has 7 nitrogen and oxygen atoms in total. The van der Waals surface area contributed by atoms with Crippen molar-refractivity contribution in [2.75, 3.05) is 16.8 Å². The fourth-order valence-electron chi connectivity index (χ4n) is 2.10. The Balaban J connectivity index is 1.69. The first-order chi connectivity index (χ1) is 13.7. The largest absolute Gasteiger partial charge is 0.382 e. The third kappa shape index (κ3) is 5.01. The fraction of sp³-hybridized carbons (Fsp3) is 0.0625. The number of sulfone groups is 1. The number of amides is 1. The number of nitrogens with two attached hydrogens (primary N) is 1. The van der Waals surface area contributed by atoms with Gasteiger partial charge in [0.15, 0.2) is 5.16 Å². The summed E-state index contributed by atoms with van der Waals surface area (Å²) in [5.74, 6) is -2.64. The fourth-order valence-corrected chi connectivity index (χ4v) is 5.59. The van der Waals surface area contributed by atoms with E-state index < -0.39 is 27.4 Å². The van der Waals surface area contributed by atoms with Crippen molar-refractivity contribution in [3.05, 3.63) is 52.5 Å². The molecule has 1 aromatic carbocycles. The smallest absolute Gasteiger partial charge is 0.234 e. The molecule has 1 amide bonds. The van der Waals surface area contributed by atoms with Crippen LogP contribution in [0.15, 0.2) is 50.8 Å². The lowest BCUT2D eigenvalue weighted by Gasteiger charge is -2.08. The molecule has 0 atom stereocenters. The first-order valence-electron chi connectivity index (χ1n) is 7.67. The van der Waals surface area contributed by atoms with Crippen LogP contribution in [0.2, 0.25) is 4.34 Å².